The molecule has 0 atom stereocenters. The average molecular weight is 250 g/mol. The summed E-state index contributed by atoms with van der Waals surface area (Å²) >= 11 is 1.65. The minimum atomic E-state index is 0.385. The molecule has 0 radical (unpaired) electrons. The van der Waals surface area contributed by atoms with Crippen molar-refractivity contribution >= 4 is 17.5 Å². The van der Waals surface area contributed by atoms with Crippen molar-refractivity contribution in [3.63, 3.8) is 0 Å². The van der Waals surface area contributed by atoms with Crippen molar-refractivity contribution in [2.45, 2.75) is 50.3 Å². The van der Waals surface area contributed by atoms with Crippen LogP contribution in [0.3, 0.4) is 0 Å². The maximum Gasteiger partial charge on any atom is 0.143 e. The number of rotatable bonds is 9. The van der Waals surface area contributed by atoms with Crippen LogP contribution in [0.2, 0.25) is 0 Å². The van der Waals surface area contributed by atoms with E-state index < -0.39 is 0 Å². The predicted octanol–water partition coefficient (Wildman–Crippen LogP) is 4.71. The molecule has 0 spiro atoms. The molecule has 0 fully saturated rings. The van der Waals surface area contributed by atoms with Crippen LogP contribution in [0.1, 0.15) is 45.4 Å². The van der Waals surface area contributed by atoms with E-state index in [9.17, 15) is 4.79 Å². The monoisotopic (exact) mass is 250 g/mol. The Labute approximate surface area is 109 Å². The van der Waals surface area contributed by atoms with Crippen molar-refractivity contribution in [1.82, 2.24) is 0 Å². The van der Waals surface area contributed by atoms with Gasteiger partial charge in [0.15, 0.2) is 0 Å². The molecular weight excluding hydrogens is 228 g/mol. The van der Waals surface area contributed by atoms with Gasteiger partial charge >= 0.3 is 0 Å². The summed E-state index contributed by atoms with van der Waals surface area (Å²) in [7, 11) is 0. The third-order valence-corrected chi connectivity index (χ3v) is 3.77. The van der Waals surface area contributed by atoms with Crippen molar-refractivity contribution in [2.75, 3.05) is 5.75 Å². The summed E-state index contributed by atoms with van der Waals surface area (Å²) in [6.07, 6.45) is 6.85. The summed E-state index contributed by atoms with van der Waals surface area (Å²) in [4.78, 5) is 12.8. The van der Waals surface area contributed by atoms with Crippen molar-refractivity contribution < 1.29 is 4.79 Å². The number of carbonyl (C=O) groups is 1. The SMILES string of the molecule is CCCCCCCC(=O)CSc1ccccc1. The molecule has 1 aromatic rings. The van der Waals surface area contributed by atoms with Crippen LogP contribution in [0, 0.1) is 0 Å². The van der Waals surface area contributed by atoms with Crippen LogP contribution in [-0.4, -0.2) is 11.5 Å². The molecule has 0 saturated carbocycles. The van der Waals surface area contributed by atoms with Crippen LogP contribution in [0.4, 0.5) is 0 Å². The summed E-state index contributed by atoms with van der Waals surface area (Å²) in [5.41, 5.74) is 0. The normalized spacial score (nSPS) is 10.4. The molecule has 17 heavy (non-hydrogen) atoms. The number of benzene rings is 1. The van der Waals surface area contributed by atoms with Crippen molar-refractivity contribution in [3.8, 4) is 0 Å². The van der Waals surface area contributed by atoms with Crippen LogP contribution in [0.15, 0.2) is 35.2 Å². The lowest BCUT2D eigenvalue weighted by Crippen LogP contribution is -2.00. The molecule has 0 N–H and O–H groups in total. The third kappa shape index (κ3) is 7.22. The summed E-state index contributed by atoms with van der Waals surface area (Å²) in [6, 6.07) is 10.1. The van der Waals surface area contributed by atoms with Crippen molar-refractivity contribution in [2.24, 2.45) is 0 Å². The van der Waals surface area contributed by atoms with Gasteiger partial charge in [-0.1, -0.05) is 50.8 Å². The maximum absolute atomic E-state index is 11.6. The number of carbonyl (C=O) groups excluding carboxylic acids is 1. The van der Waals surface area contributed by atoms with Gasteiger partial charge in [-0.15, -0.1) is 11.8 Å². The van der Waals surface area contributed by atoms with E-state index in [0.29, 0.717) is 11.5 Å². The van der Waals surface area contributed by atoms with Gasteiger partial charge < -0.3 is 0 Å². The van der Waals surface area contributed by atoms with Crippen LogP contribution < -0.4 is 0 Å². The fraction of sp³-hybridized carbons (Fsp3) is 0.533. The zero-order chi connectivity index (χ0) is 12.3. The third-order valence-electron chi connectivity index (χ3n) is 2.70. The molecule has 1 aromatic carbocycles. The number of ketones is 1. The first-order valence-corrected chi connectivity index (χ1v) is 7.51. The number of hydrogen-bond donors (Lipinski definition) is 0. The van der Waals surface area contributed by atoms with E-state index in [1.165, 1.54) is 30.6 Å². The van der Waals surface area contributed by atoms with E-state index in [4.69, 9.17) is 0 Å². The molecule has 0 amide bonds. The molecule has 0 aliphatic heterocycles. The zero-order valence-electron chi connectivity index (χ0n) is 10.7. The minimum absolute atomic E-state index is 0.385. The Hall–Kier alpha value is -0.760. The second-order valence-electron chi connectivity index (χ2n) is 4.30. The van der Waals surface area contributed by atoms with Crippen molar-refractivity contribution in [3.05, 3.63) is 30.3 Å². The summed E-state index contributed by atoms with van der Waals surface area (Å²) in [6.45, 7) is 2.21. The smallest absolute Gasteiger partial charge is 0.143 e. The molecule has 1 rings (SSSR count). The fourth-order valence-electron chi connectivity index (χ4n) is 1.68. The Balaban J connectivity index is 2.05. The molecule has 0 aromatic heterocycles. The standard InChI is InChI=1S/C15H22OS/c1-2-3-4-5-7-10-14(16)13-17-15-11-8-6-9-12-15/h6,8-9,11-12H,2-5,7,10,13H2,1H3. The van der Waals surface area contributed by atoms with Crippen molar-refractivity contribution in [1.29, 1.82) is 0 Å². The number of hydrogen-bond acceptors (Lipinski definition) is 2. The summed E-state index contributed by atoms with van der Waals surface area (Å²) in [5, 5.41) is 0. The van der Waals surface area contributed by atoms with E-state index in [2.05, 4.69) is 19.1 Å². The first-order chi connectivity index (χ1) is 8.33. The molecule has 0 saturated heterocycles. The van der Waals surface area contributed by atoms with Gasteiger partial charge in [0.2, 0.25) is 0 Å². The molecule has 0 unspecified atom stereocenters. The Morgan fingerprint density at radius 3 is 2.47 bits per heavy atom. The highest BCUT2D eigenvalue weighted by Gasteiger charge is 2.02. The molecule has 0 aliphatic rings. The molecular formula is C15H22OS. The molecule has 0 aliphatic carbocycles. The highest BCUT2D eigenvalue weighted by molar-refractivity contribution is 8.00. The topological polar surface area (TPSA) is 17.1 Å². The molecule has 1 nitrogen and oxygen atoms in total. The molecule has 0 bridgehead atoms. The van der Waals surface area contributed by atoms with Gasteiger partial charge in [0.1, 0.15) is 5.78 Å². The lowest BCUT2D eigenvalue weighted by atomic mass is 10.1. The largest absolute Gasteiger partial charge is 0.299 e. The second-order valence-corrected chi connectivity index (χ2v) is 5.35. The average Bonchev–Trinajstić information content (AvgIpc) is 2.37. The highest BCUT2D eigenvalue weighted by Crippen LogP contribution is 2.17. The van der Waals surface area contributed by atoms with Gasteiger partial charge in [0, 0.05) is 11.3 Å². The van der Waals surface area contributed by atoms with Crippen LogP contribution in [0.5, 0.6) is 0 Å². The first kappa shape index (κ1) is 14.3. The molecule has 2 heteroatoms. The van der Waals surface area contributed by atoms with Gasteiger partial charge in [0.25, 0.3) is 0 Å². The van der Waals surface area contributed by atoms with Crippen LogP contribution in [-0.2, 0) is 4.79 Å². The summed E-state index contributed by atoms with van der Waals surface area (Å²) in [5.74, 6) is 1.01. The van der Waals surface area contributed by atoms with Gasteiger partial charge in [-0.2, -0.15) is 0 Å². The number of unbranched alkanes of at least 4 members (excludes halogenated alkanes) is 4. The quantitative estimate of drug-likeness (QED) is 0.466. The Bertz CT molecular complexity index is 308. The Morgan fingerprint density at radius 2 is 1.76 bits per heavy atom. The zero-order valence-corrected chi connectivity index (χ0v) is 11.5. The maximum atomic E-state index is 11.6. The van der Waals surface area contributed by atoms with Gasteiger partial charge in [-0.05, 0) is 18.6 Å². The van der Waals surface area contributed by atoms with E-state index in [0.717, 1.165) is 12.8 Å². The minimum Gasteiger partial charge on any atom is -0.299 e. The van der Waals surface area contributed by atoms with Gasteiger partial charge in [0.05, 0.1) is 5.75 Å². The molecule has 94 valence electrons. The lowest BCUT2D eigenvalue weighted by molar-refractivity contribution is -0.116. The summed E-state index contributed by atoms with van der Waals surface area (Å²) < 4.78 is 0. The van der Waals surface area contributed by atoms with Crippen LogP contribution >= 0.6 is 11.8 Å². The number of thioether (sulfide) groups is 1. The Kier molecular flexibility index (Phi) is 7.81. The lowest BCUT2D eigenvalue weighted by Gasteiger charge is -2.01. The highest BCUT2D eigenvalue weighted by atomic mass is 32.2. The van der Waals surface area contributed by atoms with E-state index in [-0.39, 0.29) is 0 Å². The number of Topliss-reactive ketones (excluding diaryl/α,β-unsaturated/α-hetero) is 1. The first-order valence-electron chi connectivity index (χ1n) is 6.52. The molecule has 0 heterocycles. The second kappa shape index (κ2) is 9.29. The fourth-order valence-corrected chi connectivity index (χ4v) is 2.50. The Morgan fingerprint density at radius 1 is 1.06 bits per heavy atom. The predicted molar refractivity (Wildman–Crippen MR) is 75.5 cm³/mol. The van der Waals surface area contributed by atoms with E-state index in [1.54, 1.807) is 11.8 Å². The van der Waals surface area contributed by atoms with Gasteiger partial charge in [-0.25, -0.2) is 0 Å². The van der Waals surface area contributed by atoms with E-state index >= 15 is 0 Å². The van der Waals surface area contributed by atoms with Crippen LogP contribution in [0.25, 0.3) is 0 Å². The van der Waals surface area contributed by atoms with E-state index in [1.807, 2.05) is 18.2 Å². The van der Waals surface area contributed by atoms with Gasteiger partial charge in [-0.3, -0.25) is 4.79 Å².